The molecule has 0 fully saturated rings. The molecule has 3 rings (SSSR count). The first-order valence-corrected chi connectivity index (χ1v) is 7.03. The van der Waals surface area contributed by atoms with Crippen molar-refractivity contribution in [3.63, 3.8) is 0 Å². The number of fused-ring (bicyclic) bond motifs is 1. The van der Waals surface area contributed by atoms with Gasteiger partial charge in [-0.2, -0.15) is 0 Å². The summed E-state index contributed by atoms with van der Waals surface area (Å²) in [5, 5.41) is 2.84. The van der Waals surface area contributed by atoms with Gasteiger partial charge in [0.1, 0.15) is 6.61 Å². The molecule has 114 valence electrons. The van der Waals surface area contributed by atoms with Crippen molar-refractivity contribution in [3.05, 3.63) is 54.1 Å². The van der Waals surface area contributed by atoms with Crippen molar-refractivity contribution in [2.75, 3.05) is 19.0 Å². The summed E-state index contributed by atoms with van der Waals surface area (Å²) in [6.07, 6.45) is -0.666. The van der Waals surface area contributed by atoms with E-state index in [9.17, 15) is 4.79 Å². The standard InChI is InChI=1S/C17H17NO4/c1-20-10-12-5-4-6-13(9-12)18-17(19)16-11-21-14-7-2-3-8-15(14)22-16/h2-9,16H,10-11H2,1H3,(H,18,19). The number of nitrogens with one attached hydrogen (secondary N) is 1. The summed E-state index contributed by atoms with van der Waals surface area (Å²) < 4.78 is 16.3. The number of hydrogen-bond donors (Lipinski definition) is 1. The molecule has 1 amide bonds. The smallest absolute Gasteiger partial charge is 0.269 e. The van der Waals surface area contributed by atoms with Gasteiger partial charge in [0.15, 0.2) is 11.5 Å². The Morgan fingerprint density at radius 2 is 2.05 bits per heavy atom. The average molecular weight is 299 g/mol. The van der Waals surface area contributed by atoms with E-state index >= 15 is 0 Å². The van der Waals surface area contributed by atoms with E-state index < -0.39 is 6.10 Å². The van der Waals surface area contributed by atoms with Crippen LogP contribution in [0.3, 0.4) is 0 Å². The van der Waals surface area contributed by atoms with Gasteiger partial charge in [0.05, 0.1) is 6.61 Å². The molecule has 1 atom stereocenters. The summed E-state index contributed by atoms with van der Waals surface area (Å²) >= 11 is 0. The fourth-order valence-corrected chi connectivity index (χ4v) is 2.28. The molecule has 0 aromatic heterocycles. The van der Waals surface area contributed by atoms with Crippen molar-refractivity contribution >= 4 is 11.6 Å². The van der Waals surface area contributed by atoms with E-state index in [1.54, 1.807) is 13.2 Å². The van der Waals surface area contributed by atoms with Crippen molar-refractivity contribution in [3.8, 4) is 11.5 Å². The Morgan fingerprint density at radius 3 is 2.86 bits per heavy atom. The first-order chi connectivity index (χ1) is 10.8. The Balaban J connectivity index is 1.67. The lowest BCUT2D eigenvalue weighted by Crippen LogP contribution is -2.40. The number of amides is 1. The number of hydrogen-bond acceptors (Lipinski definition) is 4. The summed E-state index contributed by atoms with van der Waals surface area (Å²) in [5.74, 6) is 1.01. The van der Waals surface area contributed by atoms with Crippen molar-refractivity contribution in [1.82, 2.24) is 0 Å². The van der Waals surface area contributed by atoms with Crippen LogP contribution in [0, 0.1) is 0 Å². The zero-order valence-corrected chi connectivity index (χ0v) is 12.2. The molecule has 0 spiro atoms. The summed E-state index contributed by atoms with van der Waals surface area (Å²) in [4.78, 5) is 12.3. The highest BCUT2D eigenvalue weighted by Crippen LogP contribution is 2.31. The van der Waals surface area contributed by atoms with E-state index in [0.717, 1.165) is 5.56 Å². The molecule has 1 unspecified atom stereocenters. The molecular formula is C17H17NO4. The highest BCUT2D eigenvalue weighted by Gasteiger charge is 2.27. The van der Waals surface area contributed by atoms with Crippen molar-refractivity contribution in [2.24, 2.45) is 0 Å². The lowest BCUT2D eigenvalue weighted by atomic mass is 10.2. The molecule has 0 bridgehead atoms. The van der Waals surface area contributed by atoms with Gasteiger partial charge in [-0.1, -0.05) is 24.3 Å². The quantitative estimate of drug-likeness (QED) is 0.943. The first-order valence-electron chi connectivity index (χ1n) is 7.03. The van der Waals surface area contributed by atoms with Gasteiger partial charge < -0.3 is 19.5 Å². The van der Waals surface area contributed by atoms with Crippen LogP contribution in [0.25, 0.3) is 0 Å². The Labute approximate surface area is 128 Å². The van der Waals surface area contributed by atoms with Crippen LogP contribution in [-0.2, 0) is 16.1 Å². The minimum atomic E-state index is -0.666. The van der Waals surface area contributed by atoms with Crippen LogP contribution in [0.15, 0.2) is 48.5 Å². The summed E-state index contributed by atoms with van der Waals surface area (Å²) in [5.41, 5.74) is 1.70. The second-order valence-electron chi connectivity index (χ2n) is 4.99. The third kappa shape index (κ3) is 3.20. The highest BCUT2D eigenvalue weighted by atomic mass is 16.6. The third-order valence-electron chi connectivity index (χ3n) is 3.31. The largest absolute Gasteiger partial charge is 0.485 e. The number of carbonyl (C=O) groups is 1. The van der Waals surface area contributed by atoms with Gasteiger partial charge in [0.2, 0.25) is 6.10 Å². The minimum absolute atomic E-state index is 0.195. The van der Waals surface area contributed by atoms with Gasteiger partial charge in [0, 0.05) is 12.8 Å². The van der Waals surface area contributed by atoms with Gasteiger partial charge in [-0.3, -0.25) is 4.79 Å². The van der Waals surface area contributed by atoms with E-state index in [-0.39, 0.29) is 12.5 Å². The molecule has 0 saturated carbocycles. The van der Waals surface area contributed by atoms with Crippen LogP contribution in [0.5, 0.6) is 11.5 Å². The molecule has 2 aromatic carbocycles. The van der Waals surface area contributed by atoms with E-state index in [1.165, 1.54) is 0 Å². The minimum Gasteiger partial charge on any atom is -0.485 e. The summed E-state index contributed by atoms with van der Waals surface area (Å²) in [6, 6.07) is 14.8. The maximum absolute atomic E-state index is 12.3. The number of benzene rings is 2. The molecule has 0 aliphatic carbocycles. The summed E-state index contributed by atoms with van der Waals surface area (Å²) in [6.45, 7) is 0.695. The Kier molecular flexibility index (Phi) is 4.25. The molecule has 22 heavy (non-hydrogen) atoms. The molecule has 1 aliphatic heterocycles. The molecule has 1 heterocycles. The van der Waals surface area contributed by atoms with Crippen molar-refractivity contribution < 1.29 is 19.0 Å². The lowest BCUT2D eigenvalue weighted by Gasteiger charge is -2.25. The predicted molar refractivity (Wildman–Crippen MR) is 82.1 cm³/mol. The van der Waals surface area contributed by atoms with Crippen LogP contribution in [0.4, 0.5) is 5.69 Å². The van der Waals surface area contributed by atoms with E-state index in [1.807, 2.05) is 42.5 Å². The van der Waals surface area contributed by atoms with Crippen LogP contribution >= 0.6 is 0 Å². The average Bonchev–Trinajstić information content (AvgIpc) is 2.55. The van der Waals surface area contributed by atoms with Crippen LogP contribution in [0.2, 0.25) is 0 Å². The van der Waals surface area contributed by atoms with Gasteiger partial charge in [-0.05, 0) is 29.8 Å². The number of ether oxygens (including phenoxy) is 3. The number of para-hydroxylation sites is 2. The second-order valence-corrected chi connectivity index (χ2v) is 4.99. The predicted octanol–water partition coefficient (Wildman–Crippen LogP) is 2.61. The Hall–Kier alpha value is -2.53. The van der Waals surface area contributed by atoms with E-state index in [4.69, 9.17) is 14.2 Å². The van der Waals surface area contributed by atoms with Crippen LogP contribution in [-0.4, -0.2) is 25.7 Å². The zero-order chi connectivity index (χ0) is 15.4. The molecule has 0 saturated heterocycles. The van der Waals surface area contributed by atoms with E-state index in [2.05, 4.69) is 5.32 Å². The number of rotatable bonds is 4. The van der Waals surface area contributed by atoms with Crippen LogP contribution < -0.4 is 14.8 Å². The normalized spacial score (nSPS) is 16.1. The zero-order valence-electron chi connectivity index (χ0n) is 12.2. The first kappa shape index (κ1) is 14.4. The highest BCUT2D eigenvalue weighted by molar-refractivity contribution is 5.94. The summed E-state index contributed by atoms with van der Waals surface area (Å²) in [7, 11) is 1.63. The number of anilines is 1. The Morgan fingerprint density at radius 1 is 1.23 bits per heavy atom. The molecule has 1 N–H and O–H groups in total. The topological polar surface area (TPSA) is 56.8 Å². The molecule has 5 nitrogen and oxygen atoms in total. The fourth-order valence-electron chi connectivity index (χ4n) is 2.28. The van der Waals surface area contributed by atoms with E-state index in [0.29, 0.717) is 23.8 Å². The Bertz CT molecular complexity index is 671. The molecule has 5 heteroatoms. The fraction of sp³-hybridized carbons (Fsp3) is 0.235. The van der Waals surface area contributed by atoms with Crippen molar-refractivity contribution in [2.45, 2.75) is 12.7 Å². The van der Waals surface area contributed by atoms with Gasteiger partial charge in [0.25, 0.3) is 5.91 Å². The SMILES string of the molecule is COCc1cccc(NC(=O)C2COc3ccccc3O2)c1. The monoisotopic (exact) mass is 299 g/mol. The molecular weight excluding hydrogens is 282 g/mol. The van der Waals surface area contributed by atoms with Gasteiger partial charge in [-0.15, -0.1) is 0 Å². The van der Waals surface area contributed by atoms with Gasteiger partial charge >= 0.3 is 0 Å². The molecule has 0 radical (unpaired) electrons. The molecule has 2 aromatic rings. The van der Waals surface area contributed by atoms with Gasteiger partial charge in [-0.25, -0.2) is 0 Å². The molecule has 1 aliphatic rings. The number of carbonyl (C=O) groups excluding carboxylic acids is 1. The lowest BCUT2D eigenvalue weighted by molar-refractivity contribution is -0.125. The number of methoxy groups -OCH3 is 1. The van der Waals surface area contributed by atoms with Crippen LogP contribution in [0.1, 0.15) is 5.56 Å². The van der Waals surface area contributed by atoms with Crippen molar-refractivity contribution in [1.29, 1.82) is 0 Å². The third-order valence-corrected chi connectivity index (χ3v) is 3.31. The second kappa shape index (κ2) is 6.49. The maximum atomic E-state index is 12.3. The maximum Gasteiger partial charge on any atom is 0.269 e.